The summed E-state index contributed by atoms with van der Waals surface area (Å²) in [5.41, 5.74) is 9.20. The Morgan fingerprint density at radius 3 is 0.538 bits per heavy atom. The van der Waals surface area contributed by atoms with Gasteiger partial charge in [0.15, 0.2) is 0 Å². The molecular weight excluding hydrogens is 661 g/mol. The predicted octanol–water partition coefficient (Wildman–Crippen LogP) is 9.95. The van der Waals surface area contributed by atoms with Crippen LogP contribution in [0.4, 0.5) is 17.6 Å². The normalized spacial score (nSPS) is 12.8. The molecule has 0 saturated carbocycles. The number of fused-ring (bicyclic) bond motifs is 8. The van der Waals surface area contributed by atoms with Gasteiger partial charge in [0.05, 0.1) is 70.8 Å². The molecule has 1 aliphatic rings. The standard InChI is InChI=1S/C44H28F4N4/c45-29-9-1-25(2-10-29)41-33-17-19-35(49-33)42(26-3-11-30(46)12-4-26)37-21-23-39(51-37)44(28-7-15-32(48)16-8-28)40-24-22-38(52-40)43(36-20-18-34(41)50-36)27-5-13-31(47)14-6-27/h1-24,49-52H/q+4. The smallest absolute Gasteiger partial charge is 0.138 e. The van der Waals surface area contributed by atoms with Crippen LogP contribution in [0, 0.1) is 46.9 Å². The molecule has 4 N–H and O–H groups in total. The molecule has 0 aliphatic carbocycles. The van der Waals surface area contributed by atoms with Gasteiger partial charge in [0.25, 0.3) is 0 Å². The van der Waals surface area contributed by atoms with Crippen LogP contribution in [-0.2, 0) is 0 Å². The summed E-state index contributed by atoms with van der Waals surface area (Å²) in [6, 6.07) is 41.1. The van der Waals surface area contributed by atoms with Crippen LogP contribution in [0.1, 0.15) is 67.8 Å². The van der Waals surface area contributed by atoms with Gasteiger partial charge in [-0.25, -0.2) is 17.6 Å². The summed E-state index contributed by atoms with van der Waals surface area (Å²) in [5.74, 6) is 1.80. The molecule has 0 radical (unpaired) electrons. The van der Waals surface area contributed by atoms with E-state index < -0.39 is 0 Å². The van der Waals surface area contributed by atoms with E-state index in [1.165, 1.54) is 48.5 Å². The quantitative estimate of drug-likeness (QED) is 0.105. The van der Waals surface area contributed by atoms with Crippen molar-refractivity contribution < 1.29 is 17.6 Å². The van der Waals surface area contributed by atoms with Crippen LogP contribution in [0.5, 0.6) is 0 Å². The molecule has 248 valence electrons. The first-order chi connectivity index (χ1) is 25.4. The lowest BCUT2D eigenvalue weighted by Gasteiger charge is -2.13. The molecule has 4 aromatic carbocycles. The molecule has 4 aromatic heterocycles. The molecule has 0 spiro atoms. The van der Waals surface area contributed by atoms with Crippen molar-refractivity contribution in [3.63, 3.8) is 0 Å². The van der Waals surface area contributed by atoms with Crippen molar-refractivity contribution >= 4 is 0 Å². The third-order valence-corrected chi connectivity index (χ3v) is 9.43. The Bertz CT molecular complexity index is 2040. The molecule has 0 unspecified atom stereocenters. The molecule has 0 atom stereocenters. The lowest BCUT2D eigenvalue weighted by Crippen LogP contribution is -2.12. The van der Waals surface area contributed by atoms with Crippen LogP contribution >= 0.6 is 0 Å². The second-order valence-electron chi connectivity index (χ2n) is 12.7. The Labute approximate surface area is 297 Å². The highest BCUT2D eigenvalue weighted by molar-refractivity contribution is 5.63. The number of hydrogen-bond donors (Lipinski definition) is 4. The number of nitrogens with one attached hydrogen (secondary N) is 4. The first kappa shape index (κ1) is 31.2. The Kier molecular flexibility index (Phi) is 7.51. The highest BCUT2D eigenvalue weighted by Crippen LogP contribution is 2.40. The van der Waals surface area contributed by atoms with E-state index in [1.54, 1.807) is 48.5 Å². The summed E-state index contributed by atoms with van der Waals surface area (Å²) in [6.45, 7) is 0. The van der Waals surface area contributed by atoms with Crippen molar-refractivity contribution in [1.29, 1.82) is 0 Å². The van der Waals surface area contributed by atoms with Crippen molar-refractivity contribution in [2.24, 2.45) is 0 Å². The molecule has 5 heterocycles. The zero-order valence-electron chi connectivity index (χ0n) is 27.4. The van der Waals surface area contributed by atoms with Gasteiger partial charge in [-0.15, -0.1) is 0 Å². The molecule has 8 heteroatoms. The summed E-state index contributed by atoms with van der Waals surface area (Å²) in [6.07, 6.45) is 0. The van der Waals surface area contributed by atoms with Gasteiger partial charge in [0.2, 0.25) is 0 Å². The molecule has 52 heavy (non-hydrogen) atoms. The zero-order chi connectivity index (χ0) is 35.3. The number of benzene rings is 4. The van der Waals surface area contributed by atoms with Gasteiger partial charge in [0.1, 0.15) is 92.5 Å². The average Bonchev–Trinajstić information content (AvgIpc) is 3.99. The minimum absolute atomic E-state index is 0.349. The van der Waals surface area contributed by atoms with E-state index in [2.05, 4.69) is 19.9 Å². The minimum Gasteiger partial charge on any atom is -0.327 e. The Hall–Kier alpha value is -6.80. The second-order valence-corrected chi connectivity index (χ2v) is 12.7. The van der Waals surface area contributed by atoms with Gasteiger partial charge in [0, 0.05) is 97.1 Å². The van der Waals surface area contributed by atoms with E-state index in [4.69, 9.17) is 0 Å². The number of rotatable bonds is 4. The van der Waals surface area contributed by atoms with Gasteiger partial charge in [-0.05, 0) is 0 Å². The molecular formula is C44H28F4N4+4. The Morgan fingerprint density at radius 2 is 0.385 bits per heavy atom. The van der Waals surface area contributed by atoms with Gasteiger partial charge < -0.3 is 19.9 Å². The van der Waals surface area contributed by atoms with Crippen LogP contribution in [0.15, 0.2) is 146 Å². The van der Waals surface area contributed by atoms with Crippen LogP contribution < -0.4 is 0 Å². The topological polar surface area (TPSA) is 63.2 Å². The van der Waals surface area contributed by atoms with E-state index >= 15 is 0 Å². The maximum Gasteiger partial charge on any atom is 0.138 e. The summed E-state index contributed by atoms with van der Waals surface area (Å²) in [5, 5.41) is 0. The number of aromatic amines is 4. The summed E-state index contributed by atoms with van der Waals surface area (Å²) in [4.78, 5) is 14.5. The molecule has 0 fully saturated rings. The molecule has 1 aliphatic heterocycles. The van der Waals surface area contributed by atoms with E-state index in [0.29, 0.717) is 0 Å². The minimum atomic E-state index is -0.349. The van der Waals surface area contributed by atoms with Crippen molar-refractivity contribution in [3.8, 4) is 0 Å². The highest BCUT2D eigenvalue weighted by Gasteiger charge is 2.37. The SMILES string of the molecule is Fc1ccc([C+]2c3ccc([nH]3)[C+](c3ccc(F)cc3)c3ccc([nH]3)[C+](c3ccc(F)cc3)c3ccc([nH]3)[C+](c3ccc(F)cc3)c3ccc2[nH]3)cc1. The maximum atomic E-state index is 14.2. The lowest BCUT2D eigenvalue weighted by atomic mass is 9.92. The van der Waals surface area contributed by atoms with Gasteiger partial charge in [-0.3, -0.25) is 0 Å². The number of aromatic nitrogens is 4. The fraction of sp³-hybridized carbons (Fsp3) is 0. The van der Waals surface area contributed by atoms with Crippen molar-refractivity contribution in [2.45, 2.75) is 0 Å². The summed E-state index contributed by atoms with van der Waals surface area (Å²) >= 11 is 0. The summed E-state index contributed by atoms with van der Waals surface area (Å²) < 4.78 is 56.8. The molecule has 8 bridgehead atoms. The molecule has 9 rings (SSSR count). The van der Waals surface area contributed by atoms with Crippen LogP contribution in [0.2, 0.25) is 0 Å². The monoisotopic (exact) mass is 688 g/mol. The van der Waals surface area contributed by atoms with E-state index in [1.807, 2.05) is 48.5 Å². The molecule has 0 amide bonds. The van der Waals surface area contributed by atoms with E-state index in [-0.39, 0.29) is 23.3 Å². The van der Waals surface area contributed by atoms with E-state index in [9.17, 15) is 17.6 Å². The third kappa shape index (κ3) is 5.60. The van der Waals surface area contributed by atoms with Crippen LogP contribution in [0.25, 0.3) is 0 Å². The van der Waals surface area contributed by atoms with Crippen molar-refractivity contribution in [1.82, 2.24) is 19.9 Å². The van der Waals surface area contributed by atoms with Crippen molar-refractivity contribution in [3.05, 3.63) is 260 Å². The van der Waals surface area contributed by atoms with E-state index in [0.717, 1.165) is 91.5 Å². The Morgan fingerprint density at radius 1 is 0.231 bits per heavy atom. The number of halogens is 4. The van der Waals surface area contributed by atoms with Crippen LogP contribution in [-0.4, -0.2) is 19.9 Å². The van der Waals surface area contributed by atoms with Crippen molar-refractivity contribution in [2.75, 3.05) is 0 Å². The predicted molar refractivity (Wildman–Crippen MR) is 191 cm³/mol. The van der Waals surface area contributed by atoms with Gasteiger partial charge >= 0.3 is 0 Å². The largest absolute Gasteiger partial charge is 0.327 e. The first-order valence-electron chi connectivity index (χ1n) is 16.7. The van der Waals surface area contributed by atoms with Gasteiger partial charge in [-0.2, -0.15) is 0 Å². The number of hydrogen-bond acceptors (Lipinski definition) is 0. The zero-order valence-corrected chi connectivity index (χ0v) is 27.4. The third-order valence-electron chi connectivity index (χ3n) is 9.43. The highest BCUT2D eigenvalue weighted by atomic mass is 19.1. The van der Waals surface area contributed by atoms with Crippen LogP contribution in [0.3, 0.4) is 0 Å². The summed E-state index contributed by atoms with van der Waals surface area (Å²) in [7, 11) is 0. The Balaban J connectivity index is 1.29. The molecule has 8 aromatic rings. The lowest BCUT2D eigenvalue weighted by molar-refractivity contribution is 0.627. The fourth-order valence-corrected chi connectivity index (χ4v) is 7.04. The maximum absolute atomic E-state index is 14.2. The fourth-order valence-electron chi connectivity index (χ4n) is 7.04. The second kappa shape index (κ2) is 12.5. The number of H-pyrrole nitrogens is 4. The molecule has 0 saturated heterocycles. The first-order valence-corrected chi connectivity index (χ1v) is 16.7. The average molecular weight is 689 g/mol. The van der Waals surface area contributed by atoms with Gasteiger partial charge in [-0.1, -0.05) is 0 Å². The molecule has 4 nitrogen and oxygen atoms in total.